The van der Waals surface area contributed by atoms with Crippen molar-refractivity contribution in [2.45, 2.75) is 32.7 Å². The summed E-state index contributed by atoms with van der Waals surface area (Å²) in [6, 6.07) is -1.26. The van der Waals surface area contributed by atoms with E-state index in [0.29, 0.717) is 13.0 Å². The molecule has 0 radical (unpaired) electrons. The SMILES string of the molecule is CC(C)C1(C(=O)NC(CC(N)=O)C(=O)O)CCNC1. The Hall–Kier alpha value is -1.63. The number of carboxylic acid groups (broad SMARTS) is 1. The second-order valence-corrected chi connectivity index (χ2v) is 5.27. The molecule has 0 aromatic rings. The number of nitrogens with one attached hydrogen (secondary N) is 2. The van der Waals surface area contributed by atoms with Crippen LogP contribution in [0.2, 0.25) is 0 Å². The normalized spacial score (nSPS) is 24.2. The lowest BCUT2D eigenvalue weighted by molar-refractivity contribution is -0.145. The van der Waals surface area contributed by atoms with Crippen molar-refractivity contribution in [1.29, 1.82) is 0 Å². The first-order valence-electron chi connectivity index (χ1n) is 6.32. The molecule has 1 aliphatic rings. The van der Waals surface area contributed by atoms with Gasteiger partial charge in [0.05, 0.1) is 11.8 Å². The zero-order valence-corrected chi connectivity index (χ0v) is 11.2. The van der Waals surface area contributed by atoms with Crippen LogP contribution >= 0.6 is 0 Å². The van der Waals surface area contributed by atoms with Crippen LogP contribution in [-0.4, -0.2) is 42.0 Å². The van der Waals surface area contributed by atoms with Gasteiger partial charge in [0.1, 0.15) is 6.04 Å². The molecule has 1 saturated heterocycles. The number of rotatable bonds is 6. The number of carbonyl (C=O) groups excluding carboxylic acids is 2. The third kappa shape index (κ3) is 3.44. The fourth-order valence-electron chi connectivity index (χ4n) is 2.36. The van der Waals surface area contributed by atoms with Gasteiger partial charge in [0.25, 0.3) is 0 Å². The van der Waals surface area contributed by atoms with E-state index < -0.39 is 29.8 Å². The molecule has 1 fully saturated rings. The molecule has 1 rings (SSSR count). The molecule has 108 valence electrons. The summed E-state index contributed by atoms with van der Waals surface area (Å²) >= 11 is 0. The standard InChI is InChI=1S/C12H21N3O4/c1-7(2)12(3-4-14-6-12)11(19)15-8(10(17)18)5-9(13)16/h7-8,14H,3-6H2,1-2H3,(H2,13,16)(H,15,19)(H,17,18). The average molecular weight is 271 g/mol. The Balaban J connectivity index is 2.80. The summed E-state index contributed by atoms with van der Waals surface area (Å²) in [6.45, 7) is 5.09. The summed E-state index contributed by atoms with van der Waals surface area (Å²) in [7, 11) is 0. The van der Waals surface area contributed by atoms with Crippen LogP contribution < -0.4 is 16.4 Å². The lowest BCUT2D eigenvalue weighted by atomic mass is 9.75. The first-order valence-corrected chi connectivity index (χ1v) is 6.32. The van der Waals surface area contributed by atoms with Gasteiger partial charge in [-0.05, 0) is 18.9 Å². The average Bonchev–Trinajstić information content (AvgIpc) is 2.77. The maximum Gasteiger partial charge on any atom is 0.326 e. The molecule has 1 heterocycles. The minimum atomic E-state index is -1.26. The van der Waals surface area contributed by atoms with Gasteiger partial charge in [-0.1, -0.05) is 13.8 Å². The monoisotopic (exact) mass is 271 g/mol. The van der Waals surface area contributed by atoms with Crippen molar-refractivity contribution in [3.8, 4) is 0 Å². The lowest BCUT2D eigenvalue weighted by Gasteiger charge is -2.32. The topological polar surface area (TPSA) is 122 Å². The Morgan fingerprint density at radius 2 is 2.05 bits per heavy atom. The van der Waals surface area contributed by atoms with Crippen LogP contribution in [0.4, 0.5) is 0 Å². The fourth-order valence-corrected chi connectivity index (χ4v) is 2.36. The molecule has 7 nitrogen and oxygen atoms in total. The number of hydrogen-bond donors (Lipinski definition) is 4. The van der Waals surface area contributed by atoms with Crippen molar-refractivity contribution >= 4 is 17.8 Å². The Kier molecular flexibility index (Phi) is 4.88. The van der Waals surface area contributed by atoms with Crippen molar-refractivity contribution in [2.24, 2.45) is 17.1 Å². The molecular weight excluding hydrogens is 250 g/mol. The molecule has 2 amide bonds. The van der Waals surface area contributed by atoms with Crippen LogP contribution in [0, 0.1) is 11.3 Å². The quantitative estimate of drug-likeness (QED) is 0.497. The van der Waals surface area contributed by atoms with E-state index in [-0.39, 0.29) is 11.8 Å². The maximum absolute atomic E-state index is 12.3. The van der Waals surface area contributed by atoms with Crippen LogP contribution in [0.15, 0.2) is 0 Å². The predicted octanol–water partition coefficient (Wildman–Crippen LogP) is -0.933. The Bertz CT molecular complexity index is 375. The molecule has 0 spiro atoms. The predicted molar refractivity (Wildman–Crippen MR) is 68.1 cm³/mol. The summed E-state index contributed by atoms with van der Waals surface area (Å²) in [5.41, 5.74) is 4.37. The van der Waals surface area contributed by atoms with E-state index in [1.54, 1.807) is 0 Å². The maximum atomic E-state index is 12.3. The second-order valence-electron chi connectivity index (χ2n) is 5.27. The number of hydrogen-bond acceptors (Lipinski definition) is 4. The highest BCUT2D eigenvalue weighted by Crippen LogP contribution is 2.34. The highest BCUT2D eigenvalue weighted by molar-refractivity contribution is 5.90. The molecule has 0 saturated carbocycles. The molecule has 0 bridgehead atoms. The largest absolute Gasteiger partial charge is 0.480 e. The molecule has 19 heavy (non-hydrogen) atoms. The number of aliphatic carboxylic acids is 1. The molecule has 0 aliphatic carbocycles. The molecule has 0 aromatic heterocycles. The second kappa shape index (κ2) is 6.01. The Morgan fingerprint density at radius 3 is 2.42 bits per heavy atom. The van der Waals surface area contributed by atoms with Crippen molar-refractivity contribution in [3.63, 3.8) is 0 Å². The van der Waals surface area contributed by atoms with E-state index in [2.05, 4.69) is 10.6 Å². The van der Waals surface area contributed by atoms with Gasteiger partial charge < -0.3 is 21.5 Å². The summed E-state index contributed by atoms with van der Waals surface area (Å²) in [6.07, 6.45) is 0.252. The summed E-state index contributed by atoms with van der Waals surface area (Å²) in [5.74, 6) is -2.26. The number of nitrogens with two attached hydrogens (primary N) is 1. The fraction of sp³-hybridized carbons (Fsp3) is 0.750. The molecule has 2 unspecified atom stereocenters. The Labute approximate surface area is 111 Å². The van der Waals surface area contributed by atoms with E-state index >= 15 is 0 Å². The molecule has 0 aromatic carbocycles. The highest BCUT2D eigenvalue weighted by atomic mass is 16.4. The van der Waals surface area contributed by atoms with Crippen LogP contribution in [0.25, 0.3) is 0 Å². The molecule has 7 heteroatoms. The summed E-state index contributed by atoms with van der Waals surface area (Å²) < 4.78 is 0. The van der Waals surface area contributed by atoms with Crippen LogP contribution in [0.5, 0.6) is 0 Å². The van der Waals surface area contributed by atoms with E-state index in [4.69, 9.17) is 10.8 Å². The minimum absolute atomic E-state index is 0.0746. The summed E-state index contributed by atoms with van der Waals surface area (Å²) in [4.78, 5) is 34.2. The van der Waals surface area contributed by atoms with Gasteiger partial charge in [-0.2, -0.15) is 0 Å². The van der Waals surface area contributed by atoms with Gasteiger partial charge in [0.15, 0.2) is 0 Å². The van der Waals surface area contributed by atoms with Crippen molar-refractivity contribution in [3.05, 3.63) is 0 Å². The van der Waals surface area contributed by atoms with Crippen molar-refractivity contribution < 1.29 is 19.5 Å². The minimum Gasteiger partial charge on any atom is -0.480 e. The number of carbonyl (C=O) groups is 3. The summed E-state index contributed by atoms with van der Waals surface area (Å²) in [5, 5.41) is 14.5. The Morgan fingerprint density at radius 1 is 1.42 bits per heavy atom. The van der Waals surface area contributed by atoms with Crippen LogP contribution in [0.1, 0.15) is 26.7 Å². The smallest absolute Gasteiger partial charge is 0.326 e. The van der Waals surface area contributed by atoms with Gasteiger partial charge in [0, 0.05) is 6.54 Å². The van der Waals surface area contributed by atoms with Gasteiger partial charge in [0.2, 0.25) is 11.8 Å². The van der Waals surface area contributed by atoms with Crippen LogP contribution in [0.3, 0.4) is 0 Å². The third-order valence-electron chi connectivity index (χ3n) is 3.75. The third-order valence-corrected chi connectivity index (χ3v) is 3.75. The lowest BCUT2D eigenvalue weighted by Crippen LogP contribution is -2.52. The van der Waals surface area contributed by atoms with E-state index in [9.17, 15) is 14.4 Å². The molecule has 5 N–H and O–H groups in total. The molecule has 1 aliphatic heterocycles. The molecular formula is C12H21N3O4. The zero-order valence-electron chi connectivity index (χ0n) is 11.2. The number of amides is 2. The van der Waals surface area contributed by atoms with Crippen LogP contribution in [-0.2, 0) is 14.4 Å². The molecule has 2 atom stereocenters. The number of primary amides is 1. The van der Waals surface area contributed by atoms with Gasteiger partial charge >= 0.3 is 5.97 Å². The zero-order chi connectivity index (χ0) is 14.6. The highest BCUT2D eigenvalue weighted by Gasteiger charge is 2.45. The van der Waals surface area contributed by atoms with Crippen molar-refractivity contribution in [2.75, 3.05) is 13.1 Å². The number of carboxylic acids is 1. The first kappa shape index (κ1) is 15.4. The van der Waals surface area contributed by atoms with E-state index in [1.807, 2.05) is 13.8 Å². The first-order chi connectivity index (χ1) is 8.79. The van der Waals surface area contributed by atoms with Gasteiger partial charge in [-0.3, -0.25) is 9.59 Å². The van der Waals surface area contributed by atoms with Crippen molar-refractivity contribution in [1.82, 2.24) is 10.6 Å². The van der Waals surface area contributed by atoms with Gasteiger partial charge in [-0.15, -0.1) is 0 Å². The van der Waals surface area contributed by atoms with E-state index in [1.165, 1.54) is 0 Å². The van der Waals surface area contributed by atoms with Gasteiger partial charge in [-0.25, -0.2) is 4.79 Å². The van der Waals surface area contributed by atoms with E-state index in [0.717, 1.165) is 6.54 Å².